The summed E-state index contributed by atoms with van der Waals surface area (Å²) in [5.41, 5.74) is 7.68. The fourth-order valence-electron chi connectivity index (χ4n) is 3.75. The van der Waals surface area contributed by atoms with Crippen molar-refractivity contribution in [3.05, 3.63) is 121 Å². The lowest BCUT2D eigenvalue weighted by atomic mass is 9.98. The second-order valence-electron chi connectivity index (χ2n) is 7.78. The van der Waals surface area contributed by atoms with E-state index in [0.29, 0.717) is 21.9 Å². The second-order valence-corrected chi connectivity index (χ2v) is 10.3. The third-order valence-electron chi connectivity index (χ3n) is 5.42. The van der Waals surface area contributed by atoms with E-state index < -0.39 is 25.7 Å². The Kier molecular flexibility index (Phi) is 7.36. The summed E-state index contributed by atoms with van der Waals surface area (Å²) < 4.78 is 56.6. The molecule has 0 bridgehead atoms. The second kappa shape index (κ2) is 10.4. The number of hydrogen-bond acceptors (Lipinski definition) is 4. The standard InChI is InChI=1S/C26H23F3N3O2P/c27-26(28,29)34-20-16-14-19(15-17-20)25(24(30)23-13-7-8-18-31-23)32-35(33,21-9-3-1-4-10-21)22-11-5-2-6-12-22/h1-18,24-25H,30H2,(H,32,33)/t24-,25-/m0/s1. The fraction of sp³-hybridized carbons (Fsp3) is 0.115. The SMILES string of the molecule is N[C@@H](c1ccccn1)[C@@H](NP(=O)(c1ccccc1)c1ccccc1)c1ccc(OC(F)(F)F)cc1. The number of nitrogens with one attached hydrogen (secondary N) is 1. The fourth-order valence-corrected chi connectivity index (χ4v) is 6.23. The number of benzene rings is 3. The zero-order valence-electron chi connectivity index (χ0n) is 18.5. The zero-order chi connectivity index (χ0) is 24.9. The van der Waals surface area contributed by atoms with Crippen LogP contribution in [0.4, 0.5) is 13.2 Å². The van der Waals surface area contributed by atoms with Gasteiger partial charge < -0.3 is 10.5 Å². The van der Waals surface area contributed by atoms with Gasteiger partial charge in [0.05, 0.1) is 17.8 Å². The van der Waals surface area contributed by atoms with Crippen LogP contribution in [0.3, 0.4) is 0 Å². The topological polar surface area (TPSA) is 77.2 Å². The molecule has 0 fully saturated rings. The molecule has 0 unspecified atom stereocenters. The summed E-state index contributed by atoms with van der Waals surface area (Å²) in [6.07, 6.45) is -3.21. The first-order chi connectivity index (χ1) is 16.8. The van der Waals surface area contributed by atoms with Crippen LogP contribution < -0.4 is 26.2 Å². The Balaban J connectivity index is 1.79. The van der Waals surface area contributed by atoms with Crippen molar-refractivity contribution in [2.75, 3.05) is 0 Å². The molecule has 0 aliphatic rings. The number of aromatic nitrogens is 1. The number of hydrogen-bond donors (Lipinski definition) is 2. The molecule has 0 aliphatic carbocycles. The maximum Gasteiger partial charge on any atom is 0.573 e. The summed E-state index contributed by atoms with van der Waals surface area (Å²) in [6, 6.07) is 27.0. The van der Waals surface area contributed by atoms with Crippen LogP contribution in [0.2, 0.25) is 0 Å². The number of ether oxygens (including phenoxy) is 1. The van der Waals surface area contributed by atoms with Crippen LogP contribution in [-0.4, -0.2) is 11.3 Å². The zero-order valence-corrected chi connectivity index (χ0v) is 19.4. The van der Waals surface area contributed by atoms with Gasteiger partial charge in [0.2, 0.25) is 7.29 Å². The molecule has 0 amide bonds. The van der Waals surface area contributed by atoms with Crippen molar-refractivity contribution in [1.82, 2.24) is 10.1 Å². The molecule has 0 spiro atoms. The van der Waals surface area contributed by atoms with Gasteiger partial charge in [-0.2, -0.15) is 0 Å². The maximum absolute atomic E-state index is 14.6. The Morgan fingerprint density at radius 1 is 0.800 bits per heavy atom. The van der Waals surface area contributed by atoms with Crippen LogP contribution in [0, 0.1) is 0 Å². The van der Waals surface area contributed by atoms with Gasteiger partial charge in [-0.05, 0) is 54.1 Å². The molecule has 0 aliphatic heterocycles. The summed E-state index contributed by atoms with van der Waals surface area (Å²) >= 11 is 0. The van der Waals surface area contributed by atoms with Gasteiger partial charge >= 0.3 is 6.36 Å². The summed E-state index contributed by atoms with van der Waals surface area (Å²) in [4.78, 5) is 4.34. The first-order valence-electron chi connectivity index (χ1n) is 10.8. The molecular weight excluding hydrogens is 474 g/mol. The first kappa shape index (κ1) is 24.7. The average Bonchev–Trinajstić information content (AvgIpc) is 2.88. The van der Waals surface area contributed by atoms with Crippen molar-refractivity contribution < 1.29 is 22.5 Å². The van der Waals surface area contributed by atoms with Crippen molar-refractivity contribution in [1.29, 1.82) is 0 Å². The van der Waals surface area contributed by atoms with E-state index in [2.05, 4.69) is 14.8 Å². The van der Waals surface area contributed by atoms with Crippen LogP contribution in [0.15, 0.2) is 109 Å². The number of pyridine rings is 1. The van der Waals surface area contributed by atoms with Crippen molar-refractivity contribution >= 4 is 17.9 Å². The van der Waals surface area contributed by atoms with Crippen LogP contribution in [0.5, 0.6) is 5.75 Å². The molecule has 9 heteroatoms. The minimum Gasteiger partial charge on any atom is -0.406 e. The quantitative estimate of drug-likeness (QED) is 0.326. The van der Waals surface area contributed by atoms with Gasteiger partial charge in [-0.25, -0.2) is 0 Å². The van der Waals surface area contributed by atoms with E-state index in [4.69, 9.17) is 5.73 Å². The minimum atomic E-state index is -4.81. The summed E-state index contributed by atoms with van der Waals surface area (Å²) in [6.45, 7) is 0. The van der Waals surface area contributed by atoms with Crippen molar-refractivity contribution in [2.45, 2.75) is 18.4 Å². The highest BCUT2D eigenvalue weighted by atomic mass is 31.2. The molecule has 4 aromatic rings. The Bertz CT molecular complexity index is 1230. The van der Waals surface area contributed by atoms with Crippen molar-refractivity contribution in [3.63, 3.8) is 0 Å². The Morgan fingerprint density at radius 2 is 1.34 bits per heavy atom. The first-order valence-corrected chi connectivity index (χ1v) is 12.5. The monoisotopic (exact) mass is 497 g/mol. The number of nitrogens with zero attached hydrogens (tertiary/aromatic N) is 1. The highest BCUT2D eigenvalue weighted by molar-refractivity contribution is 7.76. The number of halogens is 3. The van der Waals surface area contributed by atoms with Crippen LogP contribution in [-0.2, 0) is 4.57 Å². The third kappa shape index (κ3) is 5.98. The van der Waals surface area contributed by atoms with Crippen LogP contribution in [0.25, 0.3) is 0 Å². The Hall–Kier alpha value is -3.45. The predicted molar refractivity (Wildman–Crippen MR) is 130 cm³/mol. The average molecular weight is 497 g/mol. The molecule has 0 radical (unpaired) electrons. The minimum absolute atomic E-state index is 0.360. The van der Waals surface area contributed by atoms with E-state index in [1.807, 2.05) is 12.1 Å². The maximum atomic E-state index is 14.6. The van der Waals surface area contributed by atoms with Gasteiger partial charge in [-0.3, -0.25) is 14.6 Å². The third-order valence-corrected chi connectivity index (χ3v) is 8.11. The highest BCUT2D eigenvalue weighted by Crippen LogP contribution is 2.44. The number of rotatable bonds is 8. The van der Waals surface area contributed by atoms with Gasteiger partial charge in [-0.15, -0.1) is 13.2 Å². The molecule has 35 heavy (non-hydrogen) atoms. The van der Waals surface area contributed by atoms with Gasteiger partial charge in [0.15, 0.2) is 0 Å². The molecule has 4 rings (SSSR count). The van der Waals surface area contributed by atoms with Crippen LogP contribution >= 0.6 is 7.29 Å². The molecule has 0 saturated carbocycles. The van der Waals surface area contributed by atoms with E-state index in [1.54, 1.807) is 72.9 Å². The molecule has 1 aromatic heterocycles. The predicted octanol–water partition coefficient (Wildman–Crippen LogP) is 5.24. The van der Waals surface area contributed by atoms with E-state index >= 15 is 0 Å². The molecule has 0 saturated heterocycles. The lowest BCUT2D eigenvalue weighted by Crippen LogP contribution is -2.36. The summed E-state index contributed by atoms with van der Waals surface area (Å²) in [5.74, 6) is -0.360. The lowest BCUT2D eigenvalue weighted by molar-refractivity contribution is -0.274. The smallest absolute Gasteiger partial charge is 0.406 e. The largest absolute Gasteiger partial charge is 0.573 e. The molecule has 3 N–H and O–H groups in total. The molecule has 3 aromatic carbocycles. The highest BCUT2D eigenvalue weighted by Gasteiger charge is 2.35. The van der Waals surface area contributed by atoms with Gasteiger partial charge in [0.25, 0.3) is 0 Å². The Labute approximate surface area is 201 Å². The molecule has 1 heterocycles. The van der Waals surface area contributed by atoms with Gasteiger partial charge in [-0.1, -0.05) is 54.6 Å². The summed E-state index contributed by atoms with van der Waals surface area (Å²) in [5, 5.41) is 4.41. The van der Waals surface area contributed by atoms with Crippen molar-refractivity contribution in [3.8, 4) is 5.75 Å². The molecule has 180 valence electrons. The van der Waals surface area contributed by atoms with E-state index in [1.165, 1.54) is 24.3 Å². The van der Waals surface area contributed by atoms with E-state index in [0.717, 1.165) is 0 Å². The lowest BCUT2D eigenvalue weighted by Gasteiger charge is -2.31. The normalized spacial score (nSPS) is 13.7. The van der Waals surface area contributed by atoms with Crippen LogP contribution in [0.1, 0.15) is 23.3 Å². The van der Waals surface area contributed by atoms with Gasteiger partial charge in [0.1, 0.15) is 5.75 Å². The Morgan fingerprint density at radius 3 is 1.83 bits per heavy atom. The van der Waals surface area contributed by atoms with E-state index in [9.17, 15) is 17.7 Å². The van der Waals surface area contributed by atoms with E-state index in [-0.39, 0.29) is 5.75 Å². The number of alkyl halides is 3. The summed E-state index contributed by atoms with van der Waals surface area (Å²) in [7, 11) is -3.43. The van der Waals surface area contributed by atoms with Crippen molar-refractivity contribution in [2.24, 2.45) is 5.73 Å². The molecule has 2 atom stereocenters. The molecule has 5 nitrogen and oxygen atoms in total. The van der Waals surface area contributed by atoms with Gasteiger partial charge in [0, 0.05) is 16.8 Å². The number of nitrogens with two attached hydrogens (primary N) is 1. The molecular formula is C26H23F3N3O2P.